The number of fused-ring (bicyclic) bond motifs is 4. The lowest BCUT2D eigenvalue weighted by Gasteiger charge is -2.45. The second-order valence-electron chi connectivity index (χ2n) is 13.5. The lowest BCUT2D eigenvalue weighted by atomic mass is 9.58. The minimum absolute atomic E-state index is 0.0455. The number of Topliss-reactive ketones (excluding diaryl/α,β-unsaturated/α-hetero) is 1. The molecule has 2 N–H and O–H groups in total. The predicted octanol–water partition coefficient (Wildman–Crippen LogP) is 8.15. The molecule has 9 heteroatoms. The summed E-state index contributed by atoms with van der Waals surface area (Å²) in [7, 11) is 1.57. The molecule has 0 bridgehead atoms. The molecule has 7 nitrogen and oxygen atoms in total. The highest BCUT2D eigenvalue weighted by molar-refractivity contribution is 6.31. The summed E-state index contributed by atoms with van der Waals surface area (Å²) in [5, 5.41) is 7.07. The molecule has 5 atom stereocenters. The third kappa shape index (κ3) is 5.31. The molecule has 0 aromatic heterocycles. The molecule has 0 saturated heterocycles. The first-order valence-electron chi connectivity index (χ1n) is 16.6. The second kappa shape index (κ2) is 13.0. The van der Waals surface area contributed by atoms with Gasteiger partial charge in [-0.2, -0.15) is 0 Å². The molecule has 2 amide bonds. The van der Waals surface area contributed by atoms with Crippen molar-refractivity contribution in [1.29, 1.82) is 0 Å². The molecule has 8 rings (SSSR count). The van der Waals surface area contributed by atoms with Gasteiger partial charge in [-0.3, -0.25) is 19.2 Å². The molecular formula is C41H36Cl2N2O5. The highest BCUT2D eigenvalue weighted by Gasteiger charge is 2.61. The molecule has 2 aliphatic heterocycles. The monoisotopic (exact) mass is 706 g/mol. The summed E-state index contributed by atoms with van der Waals surface area (Å²) in [6, 6.07) is 26.8. The van der Waals surface area contributed by atoms with Gasteiger partial charge in [-0.25, -0.2) is 0 Å². The number of rotatable bonds is 3. The molecule has 2 aliphatic carbocycles. The summed E-state index contributed by atoms with van der Waals surface area (Å²) in [5.41, 5.74) is 5.58. The van der Waals surface area contributed by atoms with E-state index < -0.39 is 16.9 Å². The van der Waals surface area contributed by atoms with Crippen molar-refractivity contribution < 1.29 is 23.9 Å². The van der Waals surface area contributed by atoms with E-state index in [1.54, 1.807) is 37.5 Å². The number of hydrogen-bond donors (Lipinski definition) is 2. The Morgan fingerprint density at radius 1 is 0.680 bits per heavy atom. The van der Waals surface area contributed by atoms with Gasteiger partial charge in [0.2, 0.25) is 11.8 Å². The zero-order valence-corrected chi connectivity index (χ0v) is 29.4. The zero-order chi connectivity index (χ0) is 35.4. The van der Waals surface area contributed by atoms with Crippen molar-refractivity contribution in [2.75, 3.05) is 17.7 Å². The SMILES string of the molecule is CO[C@H]1CC(=O)C[C@@H](c2ccccc2C)[C@]12C(=O)Nc1cc(Cl)ccc12.Cc1ccccc1[C@@H]1CC(=O)C=C[C@@]12C(=O)Nc1cc(Cl)ccc12. The Labute approximate surface area is 301 Å². The third-order valence-corrected chi connectivity index (χ3v) is 11.4. The normalized spacial score (nSPS) is 26.3. The van der Waals surface area contributed by atoms with Crippen molar-refractivity contribution in [2.24, 2.45) is 0 Å². The van der Waals surface area contributed by atoms with Crippen LogP contribution in [0.4, 0.5) is 11.4 Å². The van der Waals surface area contributed by atoms with E-state index in [-0.39, 0.29) is 41.6 Å². The van der Waals surface area contributed by atoms with E-state index in [4.69, 9.17) is 27.9 Å². The van der Waals surface area contributed by atoms with Crippen LogP contribution in [0.2, 0.25) is 10.0 Å². The topological polar surface area (TPSA) is 102 Å². The minimum atomic E-state index is -0.936. The molecule has 4 aromatic rings. The number of hydrogen-bond acceptors (Lipinski definition) is 5. The fourth-order valence-corrected chi connectivity index (χ4v) is 8.95. The number of allylic oxidation sites excluding steroid dienone is 1. The van der Waals surface area contributed by atoms with Gasteiger partial charge in [0.1, 0.15) is 16.6 Å². The number of methoxy groups -OCH3 is 1. The average molecular weight is 708 g/mol. The van der Waals surface area contributed by atoms with Crippen LogP contribution in [0.25, 0.3) is 0 Å². The van der Waals surface area contributed by atoms with Crippen LogP contribution >= 0.6 is 23.2 Å². The highest BCUT2D eigenvalue weighted by Crippen LogP contribution is 2.56. The molecule has 0 unspecified atom stereocenters. The van der Waals surface area contributed by atoms with Gasteiger partial charge in [-0.15, -0.1) is 0 Å². The fourth-order valence-electron chi connectivity index (χ4n) is 8.60. The number of carbonyl (C=O) groups is 4. The van der Waals surface area contributed by atoms with Crippen LogP contribution in [0.1, 0.15) is 64.5 Å². The fraction of sp³-hybridized carbons (Fsp3) is 0.268. The van der Waals surface area contributed by atoms with E-state index in [1.165, 1.54) is 6.08 Å². The smallest absolute Gasteiger partial charge is 0.239 e. The van der Waals surface area contributed by atoms with Gasteiger partial charge in [0.05, 0.1) is 6.10 Å². The van der Waals surface area contributed by atoms with E-state index >= 15 is 0 Å². The molecule has 2 heterocycles. The van der Waals surface area contributed by atoms with Crippen LogP contribution in [-0.2, 0) is 34.7 Å². The number of carbonyl (C=O) groups excluding carboxylic acids is 4. The first-order valence-corrected chi connectivity index (χ1v) is 17.4. The summed E-state index contributed by atoms with van der Waals surface area (Å²) in [4.78, 5) is 51.0. The Morgan fingerprint density at radius 3 is 1.86 bits per heavy atom. The van der Waals surface area contributed by atoms with Gasteiger partial charge in [0.15, 0.2) is 5.78 Å². The number of aryl methyl sites for hydroxylation is 2. The maximum Gasteiger partial charge on any atom is 0.239 e. The molecular weight excluding hydrogens is 671 g/mol. The Balaban J connectivity index is 0.000000157. The van der Waals surface area contributed by atoms with Crippen molar-refractivity contribution in [2.45, 2.75) is 61.9 Å². The van der Waals surface area contributed by atoms with Crippen LogP contribution < -0.4 is 10.6 Å². The van der Waals surface area contributed by atoms with Gasteiger partial charge in [0.25, 0.3) is 0 Å². The maximum atomic E-state index is 13.3. The number of halogens is 2. The number of amides is 2. The first-order chi connectivity index (χ1) is 24.0. The lowest BCUT2D eigenvalue weighted by molar-refractivity contribution is -0.137. The average Bonchev–Trinajstić information content (AvgIpc) is 3.53. The Kier molecular flexibility index (Phi) is 8.79. The predicted molar refractivity (Wildman–Crippen MR) is 195 cm³/mol. The quantitative estimate of drug-likeness (QED) is 0.224. The number of benzene rings is 4. The number of ketones is 2. The molecule has 4 aromatic carbocycles. The third-order valence-electron chi connectivity index (χ3n) is 10.9. The summed E-state index contributed by atoms with van der Waals surface area (Å²) in [5.74, 6) is -0.565. The largest absolute Gasteiger partial charge is 0.379 e. The Morgan fingerprint density at radius 2 is 1.24 bits per heavy atom. The highest BCUT2D eigenvalue weighted by atomic mass is 35.5. The first kappa shape index (κ1) is 33.9. The minimum Gasteiger partial charge on any atom is -0.379 e. The van der Waals surface area contributed by atoms with Gasteiger partial charge < -0.3 is 15.4 Å². The Bertz CT molecular complexity index is 2110. The maximum absolute atomic E-state index is 13.3. The van der Waals surface area contributed by atoms with Crippen molar-refractivity contribution >= 4 is 58.0 Å². The number of ether oxygens (including phenoxy) is 1. The van der Waals surface area contributed by atoms with E-state index in [2.05, 4.69) is 10.6 Å². The molecule has 1 fully saturated rings. The second-order valence-corrected chi connectivity index (χ2v) is 14.4. The summed E-state index contributed by atoms with van der Waals surface area (Å²) >= 11 is 12.2. The van der Waals surface area contributed by atoms with Gasteiger partial charge >= 0.3 is 0 Å². The van der Waals surface area contributed by atoms with Crippen molar-refractivity contribution in [3.8, 4) is 0 Å². The van der Waals surface area contributed by atoms with E-state index in [1.807, 2.05) is 74.5 Å². The number of nitrogens with one attached hydrogen (secondary N) is 2. The van der Waals surface area contributed by atoms with E-state index in [9.17, 15) is 19.2 Å². The van der Waals surface area contributed by atoms with Crippen molar-refractivity contribution in [3.63, 3.8) is 0 Å². The zero-order valence-electron chi connectivity index (χ0n) is 27.9. The molecule has 0 radical (unpaired) electrons. The van der Waals surface area contributed by atoms with E-state index in [0.717, 1.165) is 39.1 Å². The van der Waals surface area contributed by atoms with Crippen LogP contribution in [-0.4, -0.2) is 36.6 Å². The molecule has 1 saturated carbocycles. The van der Waals surface area contributed by atoms with Crippen molar-refractivity contribution in [3.05, 3.63) is 141 Å². The van der Waals surface area contributed by atoms with Gasteiger partial charge in [0, 0.05) is 59.6 Å². The van der Waals surface area contributed by atoms with Crippen LogP contribution in [0.5, 0.6) is 0 Å². The van der Waals surface area contributed by atoms with Gasteiger partial charge in [-0.1, -0.05) is 89.9 Å². The Hall–Kier alpha value is -4.56. The molecule has 2 spiro atoms. The summed E-state index contributed by atoms with van der Waals surface area (Å²) in [6.07, 6.45) is 3.66. The van der Waals surface area contributed by atoms with Crippen molar-refractivity contribution in [1.82, 2.24) is 0 Å². The van der Waals surface area contributed by atoms with E-state index in [0.29, 0.717) is 28.6 Å². The van der Waals surface area contributed by atoms with Crippen LogP contribution in [0, 0.1) is 13.8 Å². The summed E-state index contributed by atoms with van der Waals surface area (Å²) in [6.45, 7) is 4.03. The molecule has 254 valence electrons. The van der Waals surface area contributed by atoms with Crippen LogP contribution in [0.15, 0.2) is 97.1 Å². The standard InChI is InChI=1S/C21H20ClNO3.C20H16ClNO2/c1-12-5-3-4-6-15(12)17-10-14(24)11-19(26-2)21(17)16-8-7-13(22)9-18(16)23-20(21)25;1-12-4-2-3-5-15(12)17-11-14(23)8-9-20(17)16-7-6-13(21)10-18(16)22-19(20)24/h3-9,17,19H,10-11H2,1-2H3,(H,23,25);2-10,17H,11H2,1H3,(H,22,24)/t17-,19-,21-;17-,20-/m00/s1. The molecule has 4 aliphatic rings. The lowest BCUT2D eigenvalue weighted by Crippen LogP contribution is -2.55. The number of anilines is 2. The summed E-state index contributed by atoms with van der Waals surface area (Å²) < 4.78 is 5.73. The van der Waals surface area contributed by atoms with Crippen LogP contribution in [0.3, 0.4) is 0 Å². The van der Waals surface area contributed by atoms with Gasteiger partial charge in [-0.05, 0) is 77.6 Å². The molecule has 50 heavy (non-hydrogen) atoms.